The summed E-state index contributed by atoms with van der Waals surface area (Å²) in [6, 6.07) is 16.0. The molecule has 8 nitrogen and oxygen atoms in total. The highest BCUT2D eigenvalue weighted by molar-refractivity contribution is 5.93. The molecule has 0 bridgehead atoms. The number of hydrogen-bond donors (Lipinski definition) is 1. The summed E-state index contributed by atoms with van der Waals surface area (Å²) in [4.78, 5) is 28.2. The van der Waals surface area contributed by atoms with Crippen LogP contribution in [0.25, 0.3) is 17.1 Å². The van der Waals surface area contributed by atoms with Gasteiger partial charge in [0.1, 0.15) is 12.0 Å². The maximum absolute atomic E-state index is 12.4. The van der Waals surface area contributed by atoms with Gasteiger partial charge in [-0.05, 0) is 36.8 Å². The van der Waals surface area contributed by atoms with Crippen molar-refractivity contribution in [2.24, 2.45) is 5.73 Å². The molecule has 2 aromatic heterocycles. The Kier molecular flexibility index (Phi) is 5.21. The van der Waals surface area contributed by atoms with Gasteiger partial charge in [-0.15, -0.1) is 0 Å². The van der Waals surface area contributed by atoms with Crippen molar-refractivity contribution >= 4 is 5.91 Å². The molecule has 0 spiro atoms. The van der Waals surface area contributed by atoms with E-state index in [2.05, 4.69) is 15.2 Å². The van der Waals surface area contributed by atoms with E-state index in [1.165, 1.54) is 6.07 Å². The quantitative estimate of drug-likeness (QED) is 0.534. The summed E-state index contributed by atoms with van der Waals surface area (Å²) in [5.41, 5.74) is 8.43. The van der Waals surface area contributed by atoms with Gasteiger partial charge in [0.25, 0.3) is 0 Å². The molecule has 0 unspecified atom stereocenters. The second-order valence-corrected chi connectivity index (χ2v) is 6.79. The number of amides is 1. The van der Waals surface area contributed by atoms with Gasteiger partial charge in [0.2, 0.25) is 11.3 Å². The van der Waals surface area contributed by atoms with Gasteiger partial charge in [0.05, 0.1) is 5.69 Å². The third-order valence-corrected chi connectivity index (χ3v) is 4.69. The van der Waals surface area contributed by atoms with Crippen LogP contribution in [-0.4, -0.2) is 30.5 Å². The molecule has 30 heavy (non-hydrogen) atoms. The molecule has 0 aliphatic rings. The van der Waals surface area contributed by atoms with E-state index in [0.29, 0.717) is 29.2 Å². The van der Waals surface area contributed by atoms with E-state index >= 15 is 0 Å². The molecular weight excluding hydrogens is 380 g/mol. The number of aromatic nitrogens is 5. The molecule has 0 aliphatic heterocycles. The Morgan fingerprint density at radius 1 is 1.07 bits per heavy atom. The minimum Gasteiger partial charge on any atom is -0.366 e. The molecule has 0 aliphatic carbocycles. The number of hydrogen-bond acceptors (Lipinski definition) is 5. The average molecular weight is 400 g/mol. The molecule has 0 fully saturated rings. The lowest BCUT2D eigenvalue weighted by Crippen LogP contribution is -2.17. The Morgan fingerprint density at radius 3 is 2.67 bits per heavy atom. The summed E-state index contributed by atoms with van der Waals surface area (Å²) in [6.07, 6.45) is 3.63. The van der Waals surface area contributed by atoms with Gasteiger partial charge in [0, 0.05) is 36.4 Å². The highest BCUT2D eigenvalue weighted by atomic mass is 16.1. The van der Waals surface area contributed by atoms with Crippen LogP contribution in [0.5, 0.6) is 0 Å². The fraction of sp³-hybridized carbons (Fsp3) is 0.136. The topological polar surface area (TPSA) is 109 Å². The van der Waals surface area contributed by atoms with Crippen LogP contribution in [0.1, 0.15) is 28.5 Å². The van der Waals surface area contributed by atoms with Crippen molar-refractivity contribution in [2.45, 2.75) is 19.9 Å². The van der Waals surface area contributed by atoms with Gasteiger partial charge < -0.3 is 5.73 Å². The minimum atomic E-state index is -0.519. The van der Waals surface area contributed by atoms with Crippen LogP contribution in [-0.2, 0) is 13.0 Å². The van der Waals surface area contributed by atoms with Crippen molar-refractivity contribution in [3.8, 4) is 17.1 Å². The molecule has 0 radical (unpaired) electrons. The Morgan fingerprint density at radius 2 is 1.90 bits per heavy atom. The SMILES string of the molecule is CCn1cnc(-c2cccc(Cc3nn(-c4cccc(C(N)=O)c4)ccc3=O)c2)n1. The molecular formula is C22H20N6O2. The zero-order valence-corrected chi connectivity index (χ0v) is 16.4. The zero-order valence-electron chi connectivity index (χ0n) is 16.4. The predicted octanol–water partition coefficient (Wildman–Crippen LogP) is 2.20. The van der Waals surface area contributed by atoms with E-state index in [4.69, 9.17) is 5.73 Å². The van der Waals surface area contributed by atoms with Gasteiger partial charge >= 0.3 is 0 Å². The van der Waals surface area contributed by atoms with Crippen LogP contribution >= 0.6 is 0 Å². The molecule has 150 valence electrons. The highest BCUT2D eigenvalue weighted by Gasteiger charge is 2.09. The van der Waals surface area contributed by atoms with Crippen molar-refractivity contribution in [2.75, 3.05) is 0 Å². The Balaban J connectivity index is 1.65. The summed E-state index contributed by atoms with van der Waals surface area (Å²) >= 11 is 0. The van der Waals surface area contributed by atoms with Crippen LogP contribution in [0.2, 0.25) is 0 Å². The van der Waals surface area contributed by atoms with Gasteiger partial charge in [-0.3, -0.25) is 14.3 Å². The molecule has 0 atom stereocenters. The molecule has 2 heterocycles. The first-order valence-electron chi connectivity index (χ1n) is 9.51. The van der Waals surface area contributed by atoms with E-state index < -0.39 is 5.91 Å². The van der Waals surface area contributed by atoms with Gasteiger partial charge in [-0.2, -0.15) is 10.2 Å². The third kappa shape index (κ3) is 4.02. The number of benzene rings is 2. The van der Waals surface area contributed by atoms with Crippen molar-refractivity contribution in [1.82, 2.24) is 24.5 Å². The molecule has 2 N–H and O–H groups in total. The highest BCUT2D eigenvalue weighted by Crippen LogP contribution is 2.17. The molecule has 4 aromatic rings. The number of nitrogens with two attached hydrogens (primary N) is 1. The first kappa shape index (κ1) is 19.3. The Bertz CT molecular complexity index is 1270. The minimum absolute atomic E-state index is 0.156. The lowest BCUT2D eigenvalue weighted by atomic mass is 10.1. The van der Waals surface area contributed by atoms with Crippen LogP contribution in [0.3, 0.4) is 0 Å². The summed E-state index contributed by atoms with van der Waals surface area (Å²) in [7, 11) is 0. The summed E-state index contributed by atoms with van der Waals surface area (Å²) in [6.45, 7) is 2.75. The van der Waals surface area contributed by atoms with Crippen molar-refractivity contribution in [3.05, 3.63) is 94.2 Å². The van der Waals surface area contributed by atoms with Gasteiger partial charge in [0.15, 0.2) is 5.82 Å². The lowest BCUT2D eigenvalue weighted by Gasteiger charge is -2.09. The van der Waals surface area contributed by atoms with Gasteiger partial charge in [-0.1, -0.05) is 24.3 Å². The Labute approximate surface area is 172 Å². The predicted molar refractivity (Wildman–Crippen MR) is 112 cm³/mol. The fourth-order valence-electron chi connectivity index (χ4n) is 3.11. The number of carbonyl (C=O) groups is 1. The lowest BCUT2D eigenvalue weighted by molar-refractivity contribution is 0.1000. The van der Waals surface area contributed by atoms with Gasteiger partial charge in [-0.25, -0.2) is 9.67 Å². The first-order valence-corrected chi connectivity index (χ1v) is 9.51. The van der Waals surface area contributed by atoms with E-state index in [1.807, 2.05) is 31.2 Å². The standard InChI is InChI=1S/C22H20N6O2/c1-2-27-14-24-22(26-27)17-7-3-5-15(11-17)12-19-20(29)9-10-28(25-19)18-8-4-6-16(13-18)21(23)30/h3-11,13-14H,2,12H2,1H3,(H2,23,30). The van der Waals surface area contributed by atoms with Crippen molar-refractivity contribution < 1.29 is 4.79 Å². The number of carbonyl (C=O) groups excluding carboxylic acids is 1. The molecule has 0 saturated heterocycles. The van der Waals surface area contributed by atoms with Crippen LogP contribution < -0.4 is 11.2 Å². The second-order valence-electron chi connectivity index (χ2n) is 6.79. The van der Waals surface area contributed by atoms with Crippen LogP contribution in [0, 0.1) is 0 Å². The van der Waals surface area contributed by atoms with E-state index in [1.54, 1.807) is 46.2 Å². The van der Waals surface area contributed by atoms with Crippen LogP contribution in [0.4, 0.5) is 0 Å². The number of nitrogens with zero attached hydrogens (tertiary/aromatic N) is 5. The largest absolute Gasteiger partial charge is 0.366 e. The normalized spacial score (nSPS) is 10.8. The van der Waals surface area contributed by atoms with E-state index in [9.17, 15) is 9.59 Å². The molecule has 0 saturated carbocycles. The maximum Gasteiger partial charge on any atom is 0.248 e. The fourth-order valence-corrected chi connectivity index (χ4v) is 3.11. The van der Waals surface area contributed by atoms with E-state index in [0.717, 1.165) is 17.7 Å². The van der Waals surface area contributed by atoms with E-state index in [-0.39, 0.29) is 5.43 Å². The van der Waals surface area contributed by atoms with Crippen LogP contribution in [0.15, 0.2) is 71.9 Å². The monoisotopic (exact) mass is 400 g/mol. The van der Waals surface area contributed by atoms with Crippen molar-refractivity contribution in [3.63, 3.8) is 0 Å². The first-order chi connectivity index (χ1) is 14.5. The third-order valence-electron chi connectivity index (χ3n) is 4.69. The Hall–Kier alpha value is -4.07. The summed E-state index contributed by atoms with van der Waals surface area (Å²) < 4.78 is 3.33. The zero-order chi connectivity index (χ0) is 21.1. The maximum atomic E-state index is 12.4. The summed E-state index contributed by atoms with van der Waals surface area (Å²) in [5, 5.41) is 8.90. The number of primary amides is 1. The van der Waals surface area contributed by atoms with Crippen molar-refractivity contribution in [1.29, 1.82) is 0 Å². The molecule has 2 aromatic carbocycles. The second kappa shape index (κ2) is 8.12. The summed E-state index contributed by atoms with van der Waals surface area (Å²) in [5.74, 6) is 0.120. The molecule has 1 amide bonds. The smallest absolute Gasteiger partial charge is 0.248 e. The number of aryl methyl sites for hydroxylation is 1. The molecule has 8 heteroatoms. The number of rotatable bonds is 6. The molecule has 4 rings (SSSR count). The average Bonchev–Trinajstić information content (AvgIpc) is 3.25.